The van der Waals surface area contributed by atoms with Crippen molar-refractivity contribution in [3.8, 4) is 0 Å². The maximum absolute atomic E-state index is 12.9. The largest absolute Gasteiger partial charge is 0.340 e. The summed E-state index contributed by atoms with van der Waals surface area (Å²) in [5, 5.41) is 3.45. The van der Waals surface area contributed by atoms with Gasteiger partial charge in [0.1, 0.15) is 12.1 Å². The summed E-state index contributed by atoms with van der Waals surface area (Å²) in [5.74, 6) is -0.858. The number of hydrogen-bond donors (Lipinski definition) is 1. The molecule has 1 aliphatic rings. The van der Waals surface area contributed by atoms with Crippen molar-refractivity contribution in [2.75, 3.05) is 13.6 Å². The third kappa shape index (κ3) is 3.70. The number of imide groups is 1. The Balaban J connectivity index is 1.72. The molecule has 4 amide bonds. The number of nitrogens with zero attached hydrogens (tertiary/aromatic N) is 2. The summed E-state index contributed by atoms with van der Waals surface area (Å²) in [6.45, 7) is 1.47. The van der Waals surface area contributed by atoms with Gasteiger partial charge in [0.25, 0.3) is 5.91 Å². The normalized spacial score (nSPS) is 18.9. The smallest absolute Gasteiger partial charge is 0.325 e. The number of likely N-dealkylation sites (N-methyl/N-ethyl adjacent to an activating group) is 1. The van der Waals surface area contributed by atoms with Crippen molar-refractivity contribution in [1.82, 2.24) is 15.1 Å². The van der Waals surface area contributed by atoms with Gasteiger partial charge in [-0.2, -0.15) is 0 Å². The maximum atomic E-state index is 12.9. The first-order chi connectivity index (χ1) is 13.2. The number of benzene rings is 2. The van der Waals surface area contributed by atoms with Crippen molar-refractivity contribution in [3.05, 3.63) is 69.7 Å². The molecular formula is C20H19Cl2N3O3. The molecular weight excluding hydrogens is 401 g/mol. The van der Waals surface area contributed by atoms with Crippen LogP contribution >= 0.6 is 23.2 Å². The number of carbonyl (C=O) groups is 3. The number of hydrogen-bond acceptors (Lipinski definition) is 3. The molecule has 6 nitrogen and oxygen atoms in total. The second-order valence-electron chi connectivity index (χ2n) is 6.78. The van der Waals surface area contributed by atoms with Crippen LogP contribution in [0.15, 0.2) is 48.5 Å². The second kappa shape index (κ2) is 7.81. The van der Waals surface area contributed by atoms with E-state index in [1.165, 1.54) is 4.90 Å². The molecule has 1 N–H and O–H groups in total. The molecule has 1 atom stereocenters. The van der Waals surface area contributed by atoms with E-state index in [1.807, 2.05) is 6.07 Å². The lowest BCUT2D eigenvalue weighted by Gasteiger charge is -2.23. The standard InChI is InChI=1S/C20H19Cl2N3O3/c1-20(14-8-4-3-5-9-14)18(27)25(19(28)23-20)12-16(26)24(2)11-13-7-6-10-15(21)17(13)22/h3-10H,11-12H2,1-2H3,(H,23,28). The quantitative estimate of drug-likeness (QED) is 0.754. The average Bonchev–Trinajstić information content (AvgIpc) is 2.90. The molecule has 3 rings (SSSR count). The van der Waals surface area contributed by atoms with Crippen LogP contribution in [-0.2, 0) is 21.7 Å². The van der Waals surface area contributed by atoms with Crippen LogP contribution < -0.4 is 5.32 Å². The summed E-state index contributed by atoms with van der Waals surface area (Å²) in [6.07, 6.45) is 0. The van der Waals surface area contributed by atoms with Gasteiger partial charge in [-0.25, -0.2) is 4.79 Å². The van der Waals surface area contributed by atoms with Crippen LogP contribution in [0, 0.1) is 0 Å². The van der Waals surface area contributed by atoms with Gasteiger partial charge in [0, 0.05) is 13.6 Å². The first kappa shape index (κ1) is 20.2. The van der Waals surface area contributed by atoms with Crippen LogP contribution in [0.5, 0.6) is 0 Å². The van der Waals surface area contributed by atoms with E-state index in [0.29, 0.717) is 21.2 Å². The maximum Gasteiger partial charge on any atom is 0.325 e. The topological polar surface area (TPSA) is 69.7 Å². The van der Waals surface area contributed by atoms with Gasteiger partial charge in [-0.1, -0.05) is 65.7 Å². The van der Waals surface area contributed by atoms with E-state index in [4.69, 9.17) is 23.2 Å². The number of amides is 4. The van der Waals surface area contributed by atoms with Gasteiger partial charge in [0.2, 0.25) is 5.91 Å². The van der Waals surface area contributed by atoms with Gasteiger partial charge in [0.15, 0.2) is 0 Å². The van der Waals surface area contributed by atoms with Crippen LogP contribution in [0.4, 0.5) is 4.79 Å². The Morgan fingerprint density at radius 1 is 1.11 bits per heavy atom. The highest BCUT2D eigenvalue weighted by atomic mass is 35.5. The van der Waals surface area contributed by atoms with Gasteiger partial charge in [-0.05, 0) is 24.1 Å². The first-order valence-corrected chi connectivity index (χ1v) is 9.36. The Bertz CT molecular complexity index is 936. The molecule has 0 bridgehead atoms. The Morgan fingerprint density at radius 2 is 1.79 bits per heavy atom. The van der Waals surface area contributed by atoms with Crippen LogP contribution in [0.25, 0.3) is 0 Å². The Hall–Kier alpha value is -2.57. The summed E-state index contributed by atoms with van der Waals surface area (Å²) in [6, 6.07) is 13.5. The fourth-order valence-electron chi connectivity index (χ4n) is 3.08. The van der Waals surface area contributed by atoms with E-state index >= 15 is 0 Å². The number of urea groups is 1. The van der Waals surface area contributed by atoms with E-state index in [2.05, 4.69) is 5.32 Å². The Kier molecular flexibility index (Phi) is 5.63. The zero-order valence-corrected chi connectivity index (χ0v) is 16.9. The molecule has 1 heterocycles. The molecule has 0 aromatic heterocycles. The number of nitrogens with one attached hydrogen (secondary N) is 1. The minimum absolute atomic E-state index is 0.206. The molecule has 1 unspecified atom stereocenters. The summed E-state index contributed by atoms with van der Waals surface area (Å²) in [4.78, 5) is 40.2. The summed E-state index contributed by atoms with van der Waals surface area (Å²) in [7, 11) is 1.58. The van der Waals surface area contributed by atoms with Crippen LogP contribution in [0.1, 0.15) is 18.1 Å². The summed E-state index contributed by atoms with van der Waals surface area (Å²) in [5.41, 5.74) is 0.131. The van der Waals surface area contributed by atoms with Crippen molar-refractivity contribution in [2.24, 2.45) is 0 Å². The van der Waals surface area contributed by atoms with Crippen molar-refractivity contribution < 1.29 is 14.4 Å². The molecule has 0 saturated carbocycles. The molecule has 1 fully saturated rings. The minimum Gasteiger partial charge on any atom is -0.340 e. The highest BCUT2D eigenvalue weighted by molar-refractivity contribution is 6.42. The molecule has 2 aromatic carbocycles. The zero-order valence-electron chi connectivity index (χ0n) is 15.4. The third-order valence-corrected chi connectivity index (χ3v) is 5.64. The molecule has 0 aliphatic carbocycles. The minimum atomic E-state index is -1.20. The van der Waals surface area contributed by atoms with E-state index < -0.39 is 23.4 Å². The van der Waals surface area contributed by atoms with Crippen LogP contribution in [0.2, 0.25) is 10.0 Å². The highest BCUT2D eigenvalue weighted by Crippen LogP contribution is 2.29. The monoisotopic (exact) mass is 419 g/mol. The fraction of sp³-hybridized carbons (Fsp3) is 0.250. The summed E-state index contributed by atoms with van der Waals surface area (Å²) < 4.78 is 0. The van der Waals surface area contributed by atoms with Gasteiger partial charge < -0.3 is 10.2 Å². The van der Waals surface area contributed by atoms with E-state index in [0.717, 1.165) is 4.90 Å². The first-order valence-electron chi connectivity index (χ1n) is 8.60. The predicted octanol–water partition coefficient (Wildman–Crippen LogP) is 3.42. The average molecular weight is 420 g/mol. The molecule has 146 valence electrons. The van der Waals surface area contributed by atoms with Crippen molar-refractivity contribution in [1.29, 1.82) is 0 Å². The SMILES string of the molecule is CN(Cc1cccc(Cl)c1Cl)C(=O)CN1C(=O)NC(C)(c2ccccc2)C1=O. The molecule has 2 aromatic rings. The number of halogens is 2. The predicted molar refractivity (Wildman–Crippen MR) is 107 cm³/mol. The number of rotatable bonds is 5. The van der Waals surface area contributed by atoms with Crippen molar-refractivity contribution >= 4 is 41.0 Å². The van der Waals surface area contributed by atoms with Crippen molar-refractivity contribution in [2.45, 2.75) is 19.0 Å². The van der Waals surface area contributed by atoms with E-state index in [-0.39, 0.29) is 13.1 Å². The Morgan fingerprint density at radius 3 is 2.46 bits per heavy atom. The lowest BCUT2D eigenvalue weighted by atomic mass is 9.92. The molecule has 0 spiro atoms. The zero-order chi connectivity index (χ0) is 20.5. The highest BCUT2D eigenvalue weighted by Gasteiger charge is 2.49. The lowest BCUT2D eigenvalue weighted by Crippen LogP contribution is -2.43. The molecule has 0 radical (unpaired) electrons. The van der Waals surface area contributed by atoms with Crippen LogP contribution in [-0.4, -0.2) is 41.2 Å². The molecule has 8 heteroatoms. The number of carbonyl (C=O) groups excluding carboxylic acids is 3. The fourth-order valence-corrected chi connectivity index (χ4v) is 3.46. The van der Waals surface area contributed by atoms with Crippen LogP contribution in [0.3, 0.4) is 0 Å². The summed E-state index contributed by atoms with van der Waals surface area (Å²) >= 11 is 12.2. The third-order valence-electron chi connectivity index (χ3n) is 4.78. The molecule has 1 saturated heterocycles. The van der Waals surface area contributed by atoms with Gasteiger partial charge >= 0.3 is 6.03 Å². The van der Waals surface area contributed by atoms with E-state index in [1.54, 1.807) is 56.4 Å². The van der Waals surface area contributed by atoms with Crippen molar-refractivity contribution in [3.63, 3.8) is 0 Å². The lowest BCUT2D eigenvalue weighted by molar-refractivity contribution is -0.138. The second-order valence-corrected chi connectivity index (χ2v) is 7.56. The Labute approximate surface area is 173 Å². The molecule has 1 aliphatic heterocycles. The molecule has 28 heavy (non-hydrogen) atoms. The van der Waals surface area contributed by atoms with Gasteiger partial charge in [-0.15, -0.1) is 0 Å². The van der Waals surface area contributed by atoms with Gasteiger partial charge in [-0.3, -0.25) is 14.5 Å². The van der Waals surface area contributed by atoms with E-state index in [9.17, 15) is 14.4 Å². The van der Waals surface area contributed by atoms with Gasteiger partial charge in [0.05, 0.1) is 10.0 Å².